The summed E-state index contributed by atoms with van der Waals surface area (Å²) in [6.45, 7) is 0.178. The molecule has 0 bridgehead atoms. The highest BCUT2D eigenvalue weighted by atomic mass is 16.6. The Kier molecular flexibility index (Phi) is 3.37. The Labute approximate surface area is 86.8 Å². The maximum atomic E-state index is 10.5. The molecule has 1 rings (SSSR count). The van der Waals surface area contributed by atoms with Crippen molar-refractivity contribution in [1.82, 2.24) is 0 Å². The van der Waals surface area contributed by atoms with Crippen LogP contribution >= 0.6 is 0 Å². The molecule has 0 aromatic heterocycles. The molecule has 80 valence electrons. The largest absolute Gasteiger partial charge is 0.481 e. The average molecular weight is 209 g/mol. The maximum Gasteiger partial charge on any atom is 0.320 e. The molecule has 0 spiro atoms. The van der Waals surface area contributed by atoms with Crippen LogP contribution in [0.4, 0.5) is 0 Å². The number of hydrogen-bond acceptors (Lipinski definition) is 4. The van der Waals surface area contributed by atoms with Gasteiger partial charge in [-0.1, -0.05) is 5.92 Å². The smallest absolute Gasteiger partial charge is 0.320 e. The lowest BCUT2D eigenvalue weighted by Gasteiger charge is -2.17. The minimum absolute atomic E-state index is 0.0583. The van der Waals surface area contributed by atoms with Gasteiger partial charge in [-0.05, 0) is 6.08 Å². The van der Waals surface area contributed by atoms with Gasteiger partial charge in [0.15, 0.2) is 0 Å². The number of nitrogens with two attached hydrogens (primary N) is 1. The summed E-state index contributed by atoms with van der Waals surface area (Å²) >= 11 is 0. The van der Waals surface area contributed by atoms with Gasteiger partial charge in [-0.2, -0.15) is 0 Å². The molecule has 5 nitrogen and oxygen atoms in total. The fraction of sp³-hybridized carbons (Fsp3) is 0.300. The summed E-state index contributed by atoms with van der Waals surface area (Å²) < 4.78 is 4.82. The molecule has 1 atom stereocenters. The first-order valence-electron chi connectivity index (χ1n) is 4.26. The predicted octanol–water partition coefficient (Wildman–Crippen LogP) is 0.148. The van der Waals surface area contributed by atoms with Crippen molar-refractivity contribution in [3.05, 3.63) is 23.2 Å². The van der Waals surface area contributed by atoms with Crippen LogP contribution in [-0.2, 0) is 9.53 Å². The van der Waals surface area contributed by atoms with Crippen LogP contribution in [0.5, 0.6) is 0 Å². The standard InChI is InChI=1S/C10H11NO4/c1-2-6-3-4-15-10(14)7(6)5-8(11)9(12)13/h1,3,8,14H,4-5,11H2,(H,12,13)/t8-/m1/s1. The molecule has 0 radical (unpaired) electrons. The van der Waals surface area contributed by atoms with Crippen molar-refractivity contribution in [2.75, 3.05) is 6.61 Å². The van der Waals surface area contributed by atoms with E-state index in [1.165, 1.54) is 0 Å². The molecule has 0 saturated heterocycles. The van der Waals surface area contributed by atoms with Crippen LogP contribution in [0.3, 0.4) is 0 Å². The lowest BCUT2D eigenvalue weighted by molar-refractivity contribution is -0.138. The van der Waals surface area contributed by atoms with Crippen LogP contribution in [-0.4, -0.2) is 28.8 Å². The van der Waals surface area contributed by atoms with Gasteiger partial charge in [-0.25, -0.2) is 0 Å². The first-order valence-corrected chi connectivity index (χ1v) is 4.26. The van der Waals surface area contributed by atoms with Gasteiger partial charge in [0.2, 0.25) is 0 Å². The van der Waals surface area contributed by atoms with Crippen molar-refractivity contribution in [2.24, 2.45) is 5.73 Å². The predicted molar refractivity (Wildman–Crippen MR) is 52.8 cm³/mol. The number of ether oxygens (including phenoxy) is 1. The minimum atomic E-state index is -1.16. The quantitative estimate of drug-likeness (QED) is 0.575. The second-order valence-electron chi connectivity index (χ2n) is 3.01. The molecule has 0 saturated carbocycles. The van der Waals surface area contributed by atoms with E-state index in [4.69, 9.17) is 22.0 Å². The van der Waals surface area contributed by atoms with E-state index in [-0.39, 0.29) is 24.5 Å². The molecule has 0 amide bonds. The Morgan fingerprint density at radius 3 is 3.00 bits per heavy atom. The third-order valence-electron chi connectivity index (χ3n) is 1.99. The lowest BCUT2D eigenvalue weighted by atomic mass is 9.99. The number of aliphatic carboxylic acids is 1. The molecule has 5 heteroatoms. The Morgan fingerprint density at radius 1 is 1.80 bits per heavy atom. The van der Waals surface area contributed by atoms with Gasteiger partial charge in [0, 0.05) is 17.6 Å². The number of allylic oxidation sites excluding steroid dienone is 1. The molecule has 1 aliphatic heterocycles. The second-order valence-corrected chi connectivity index (χ2v) is 3.01. The first-order chi connectivity index (χ1) is 7.06. The summed E-state index contributed by atoms with van der Waals surface area (Å²) in [5.74, 6) is 0.843. The van der Waals surface area contributed by atoms with E-state index >= 15 is 0 Å². The molecule has 0 aliphatic carbocycles. The lowest BCUT2D eigenvalue weighted by Crippen LogP contribution is -2.31. The number of aliphatic hydroxyl groups excluding tert-OH is 1. The van der Waals surface area contributed by atoms with E-state index in [1.54, 1.807) is 6.08 Å². The highest BCUT2D eigenvalue weighted by Gasteiger charge is 2.22. The van der Waals surface area contributed by atoms with Gasteiger partial charge in [-0.3, -0.25) is 4.79 Å². The van der Waals surface area contributed by atoms with Crippen LogP contribution < -0.4 is 5.73 Å². The summed E-state index contributed by atoms with van der Waals surface area (Å²) in [5.41, 5.74) is 6.02. The molecule has 15 heavy (non-hydrogen) atoms. The maximum absolute atomic E-state index is 10.5. The van der Waals surface area contributed by atoms with Crippen molar-refractivity contribution in [3.63, 3.8) is 0 Å². The van der Waals surface area contributed by atoms with Crippen molar-refractivity contribution < 1.29 is 19.7 Å². The molecule has 1 heterocycles. The third kappa shape index (κ3) is 2.51. The number of terminal acetylenes is 1. The molecule has 0 unspecified atom stereocenters. The molecular formula is C10H11NO4. The van der Waals surface area contributed by atoms with Crippen LogP contribution in [0.15, 0.2) is 23.2 Å². The van der Waals surface area contributed by atoms with Gasteiger partial charge >= 0.3 is 5.97 Å². The number of carbonyl (C=O) groups is 1. The van der Waals surface area contributed by atoms with Crippen LogP contribution in [0, 0.1) is 12.3 Å². The van der Waals surface area contributed by atoms with Gasteiger partial charge in [0.25, 0.3) is 5.95 Å². The number of carboxylic acid groups (broad SMARTS) is 1. The van der Waals surface area contributed by atoms with Gasteiger partial charge in [-0.15, -0.1) is 6.42 Å². The van der Waals surface area contributed by atoms with Crippen LogP contribution in [0.2, 0.25) is 0 Å². The monoisotopic (exact) mass is 209 g/mol. The molecule has 4 N–H and O–H groups in total. The van der Waals surface area contributed by atoms with E-state index in [9.17, 15) is 9.90 Å². The SMILES string of the molecule is C#CC1=CCOC(O)=C1C[C@@H](N)C(=O)O. The molecule has 1 aliphatic rings. The van der Waals surface area contributed by atoms with E-state index < -0.39 is 12.0 Å². The third-order valence-corrected chi connectivity index (χ3v) is 1.99. The highest BCUT2D eigenvalue weighted by molar-refractivity contribution is 5.74. The summed E-state index contributed by atoms with van der Waals surface area (Å²) in [6.07, 6.45) is 6.73. The zero-order valence-corrected chi connectivity index (χ0v) is 7.93. The topological polar surface area (TPSA) is 92.8 Å². The summed E-state index contributed by atoms with van der Waals surface area (Å²) in [7, 11) is 0. The van der Waals surface area contributed by atoms with Gasteiger partial charge in [0.05, 0.1) is 0 Å². The molecule has 0 aromatic rings. The fourth-order valence-electron chi connectivity index (χ4n) is 1.18. The van der Waals surface area contributed by atoms with Gasteiger partial charge < -0.3 is 20.7 Å². The van der Waals surface area contributed by atoms with Crippen molar-refractivity contribution in [3.8, 4) is 12.3 Å². The molecule has 0 aromatic carbocycles. The van der Waals surface area contributed by atoms with E-state index in [0.29, 0.717) is 5.57 Å². The summed E-state index contributed by atoms with van der Waals surface area (Å²) in [6, 6.07) is -1.11. The van der Waals surface area contributed by atoms with E-state index in [0.717, 1.165) is 0 Å². The second kappa shape index (κ2) is 4.53. The normalized spacial score (nSPS) is 17.5. The average Bonchev–Trinajstić information content (AvgIpc) is 2.20. The first kappa shape index (κ1) is 11.1. The number of hydrogen-bond donors (Lipinski definition) is 3. The van der Waals surface area contributed by atoms with Crippen molar-refractivity contribution in [1.29, 1.82) is 0 Å². The highest BCUT2D eigenvalue weighted by Crippen LogP contribution is 2.22. The number of rotatable bonds is 3. The Hall–Kier alpha value is -1.93. The van der Waals surface area contributed by atoms with E-state index in [2.05, 4.69) is 5.92 Å². The van der Waals surface area contributed by atoms with Crippen LogP contribution in [0.25, 0.3) is 0 Å². The van der Waals surface area contributed by atoms with Crippen molar-refractivity contribution in [2.45, 2.75) is 12.5 Å². The Balaban J connectivity index is 2.87. The Morgan fingerprint density at radius 2 is 2.47 bits per heavy atom. The zero-order valence-electron chi connectivity index (χ0n) is 7.93. The summed E-state index contributed by atoms with van der Waals surface area (Å²) in [4.78, 5) is 10.5. The molecule has 0 fully saturated rings. The van der Waals surface area contributed by atoms with Crippen molar-refractivity contribution >= 4 is 5.97 Å². The zero-order chi connectivity index (χ0) is 11.4. The minimum Gasteiger partial charge on any atom is -0.481 e. The molecular weight excluding hydrogens is 198 g/mol. The Bertz CT molecular complexity index is 375. The fourth-order valence-corrected chi connectivity index (χ4v) is 1.18. The number of carboxylic acids is 1. The van der Waals surface area contributed by atoms with Gasteiger partial charge in [0.1, 0.15) is 12.6 Å². The number of aliphatic hydroxyl groups is 1. The summed E-state index contributed by atoms with van der Waals surface area (Å²) in [5, 5.41) is 18.0. The van der Waals surface area contributed by atoms with E-state index in [1.807, 2.05) is 0 Å². The van der Waals surface area contributed by atoms with Crippen LogP contribution in [0.1, 0.15) is 6.42 Å².